The largest absolute Gasteiger partial charge is 0.495 e. The van der Waals surface area contributed by atoms with Gasteiger partial charge in [-0.3, -0.25) is 4.79 Å². The Morgan fingerprint density at radius 2 is 1.80 bits per heavy atom. The van der Waals surface area contributed by atoms with Gasteiger partial charge in [0, 0.05) is 11.1 Å². The molecule has 0 bridgehead atoms. The molecule has 128 valence electrons. The van der Waals surface area contributed by atoms with Crippen LogP contribution in [0.15, 0.2) is 21.4 Å². The van der Waals surface area contributed by atoms with Gasteiger partial charge in [0.25, 0.3) is 5.56 Å². The minimum atomic E-state index is -4.83. The summed E-state index contributed by atoms with van der Waals surface area (Å²) < 4.78 is 45.7. The molecule has 1 aromatic carbocycles. The van der Waals surface area contributed by atoms with Crippen molar-refractivity contribution in [2.45, 2.75) is 6.18 Å². The van der Waals surface area contributed by atoms with Crippen molar-refractivity contribution >= 4 is 21.7 Å². The Labute approximate surface area is 147 Å². The van der Waals surface area contributed by atoms with Gasteiger partial charge in [-0.25, -0.2) is 0 Å². The van der Waals surface area contributed by atoms with E-state index in [0.29, 0.717) is 0 Å². The van der Waals surface area contributed by atoms with E-state index in [9.17, 15) is 28.5 Å². The van der Waals surface area contributed by atoms with Crippen LogP contribution in [0.1, 0.15) is 16.7 Å². The second-order valence-corrected chi connectivity index (χ2v) is 5.57. The van der Waals surface area contributed by atoms with Gasteiger partial charge in [0.1, 0.15) is 34.8 Å². The van der Waals surface area contributed by atoms with E-state index in [0.717, 1.165) is 19.2 Å². The van der Waals surface area contributed by atoms with Crippen molar-refractivity contribution in [2.75, 3.05) is 12.8 Å². The van der Waals surface area contributed by atoms with Crippen LogP contribution in [0.2, 0.25) is 0 Å². The highest BCUT2D eigenvalue weighted by atomic mass is 79.9. The molecule has 0 saturated heterocycles. The maximum absolute atomic E-state index is 13.5. The third-order valence-corrected chi connectivity index (χ3v) is 3.96. The molecule has 0 spiro atoms. The number of rotatable bonds is 2. The lowest BCUT2D eigenvalue weighted by Gasteiger charge is -2.19. The fourth-order valence-corrected chi connectivity index (χ4v) is 2.83. The van der Waals surface area contributed by atoms with Crippen LogP contribution < -0.4 is 16.0 Å². The number of nitriles is 2. The summed E-state index contributed by atoms with van der Waals surface area (Å²) in [5.41, 5.74) is 1.10. The maximum atomic E-state index is 13.5. The van der Waals surface area contributed by atoms with Crippen LogP contribution in [0.4, 0.5) is 19.0 Å². The normalized spacial score (nSPS) is 10.8. The molecule has 2 aromatic rings. The number of nitrogen functional groups attached to an aromatic ring is 1. The number of aromatic amines is 1. The van der Waals surface area contributed by atoms with E-state index in [4.69, 9.17) is 10.5 Å². The topological polar surface area (TPSA) is 116 Å². The third-order valence-electron chi connectivity index (χ3n) is 3.34. The summed E-state index contributed by atoms with van der Waals surface area (Å²) in [7, 11) is 1.12. The molecule has 0 amide bonds. The average molecular weight is 413 g/mol. The number of anilines is 1. The molecule has 0 aliphatic carbocycles. The number of pyridine rings is 1. The van der Waals surface area contributed by atoms with E-state index in [2.05, 4.69) is 20.9 Å². The van der Waals surface area contributed by atoms with Gasteiger partial charge in [0.15, 0.2) is 0 Å². The van der Waals surface area contributed by atoms with Crippen molar-refractivity contribution in [2.24, 2.45) is 0 Å². The SMILES string of the molecule is COc1c(Br)ccc(C(F)(F)F)c1-c1c(C#N)c(N)[nH]c(=O)c1C#N. The van der Waals surface area contributed by atoms with Crippen LogP contribution in [0, 0.1) is 22.7 Å². The third kappa shape index (κ3) is 3.04. The maximum Gasteiger partial charge on any atom is 0.417 e. The zero-order chi connectivity index (χ0) is 18.9. The van der Waals surface area contributed by atoms with Gasteiger partial charge in [0.2, 0.25) is 0 Å². The first-order valence-corrected chi connectivity index (χ1v) is 7.26. The number of hydrogen-bond donors (Lipinski definition) is 2. The van der Waals surface area contributed by atoms with Crippen LogP contribution >= 0.6 is 15.9 Å². The fourth-order valence-electron chi connectivity index (χ4n) is 2.33. The van der Waals surface area contributed by atoms with Crippen LogP contribution in [-0.2, 0) is 6.18 Å². The number of methoxy groups -OCH3 is 1. The summed E-state index contributed by atoms with van der Waals surface area (Å²) in [4.78, 5) is 14.1. The summed E-state index contributed by atoms with van der Waals surface area (Å²) >= 11 is 3.06. The Kier molecular flexibility index (Phi) is 4.77. The molecule has 0 radical (unpaired) electrons. The minimum absolute atomic E-state index is 0.143. The molecule has 3 N–H and O–H groups in total. The summed E-state index contributed by atoms with van der Waals surface area (Å²) in [6, 6.07) is 5.02. The molecule has 0 atom stereocenters. The number of nitrogens with two attached hydrogens (primary N) is 1. The number of alkyl halides is 3. The Morgan fingerprint density at radius 1 is 1.20 bits per heavy atom. The molecular weight excluding hydrogens is 405 g/mol. The van der Waals surface area contributed by atoms with Crippen LogP contribution in [0.3, 0.4) is 0 Å². The number of nitrogens with zero attached hydrogens (tertiary/aromatic N) is 2. The number of halogens is 4. The Balaban J connectivity index is 3.18. The molecule has 0 fully saturated rings. The van der Waals surface area contributed by atoms with Crippen molar-refractivity contribution in [3.05, 3.63) is 43.6 Å². The summed E-state index contributed by atoms with van der Waals surface area (Å²) in [5, 5.41) is 18.5. The molecular formula is C15H8BrF3N4O2. The predicted molar refractivity (Wildman–Crippen MR) is 85.6 cm³/mol. The smallest absolute Gasteiger partial charge is 0.417 e. The summed E-state index contributed by atoms with van der Waals surface area (Å²) in [5.74, 6) is -0.732. The van der Waals surface area contributed by atoms with Crippen molar-refractivity contribution < 1.29 is 17.9 Å². The predicted octanol–water partition coefficient (Wildman–Crippen LogP) is 3.16. The van der Waals surface area contributed by atoms with Crippen LogP contribution in [0.5, 0.6) is 5.75 Å². The van der Waals surface area contributed by atoms with E-state index in [1.807, 2.05) is 0 Å². The van der Waals surface area contributed by atoms with Crippen molar-refractivity contribution in [3.8, 4) is 29.0 Å². The zero-order valence-electron chi connectivity index (χ0n) is 12.5. The fraction of sp³-hybridized carbons (Fsp3) is 0.133. The molecule has 10 heteroatoms. The van der Waals surface area contributed by atoms with E-state index in [1.54, 1.807) is 6.07 Å². The second kappa shape index (κ2) is 6.49. The number of H-pyrrole nitrogens is 1. The Bertz CT molecular complexity index is 1000. The summed E-state index contributed by atoms with van der Waals surface area (Å²) in [6.07, 6.45) is -4.83. The molecule has 0 aliphatic heterocycles. The highest BCUT2D eigenvalue weighted by molar-refractivity contribution is 9.10. The van der Waals surface area contributed by atoms with Gasteiger partial charge in [0.05, 0.1) is 17.1 Å². The van der Waals surface area contributed by atoms with Crippen molar-refractivity contribution in [3.63, 3.8) is 0 Å². The molecule has 0 saturated carbocycles. The molecule has 6 nitrogen and oxygen atoms in total. The monoisotopic (exact) mass is 412 g/mol. The zero-order valence-corrected chi connectivity index (χ0v) is 14.0. The van der Waals surface area contributed by atoms with Crippen molar-refractivity contribution in [1.29, 1.82) is 10.5 Å². The molecule has 25 heavy (non-hydrogen) atoms. The standard InChI is InChI=1S/C15H8BrF3N4O2/c1-25-12-9(16)3-2-8(15(17,18)19)11(12)10-6(4-20)13(22)23-14(24)7(10)5-21/h2-3H,1H3,(H3,22,23,24). The first-order chi connectivity index (χ1) is 11.7. The summed E-state index contributed by atoms with van der Waals surface area (Å²) in [6.45, 7) is 0. The highest BCUT2D eigenvalue weighted by Crippen LogP contribution is 2.47. The highest BCUT2D eigenvalue weighted by Gasteiger charge is 2.38. The first kappa shape index (κ1) is 18.4. The van der Waals surface area contributed by atoms with E-state index >= 15 is 0 Å². The van der Waals surface area contributed by atoms with E-state index in [1.165, 1.54) is 6.07 Å². The number of benzene rings is 1. The van der Waals surface area contributed by atoms with Gasteiger partial charge in [-0.15, -0.1) is 0 Å². The minimum Gasteiger partial charge on any atom is -0.495 e. The molecule has 1 aromatic heterocycles. The first-order valence-electron chi connectivity index (χ1n) is 6.47. The van der Waals surface area contributed by atoms with E-state index in [-0.39, 0.29) is 10.2 Å². The van der Waals surface area contributed by atoms with Gasteiger partial charge in [-0.05, 0) is 28.1 Å². The Morgan fingerprint density at radius 3 is 2.28 bits per heavy atom. The molecule has 2 rings (SSSR count). The second-order valence-electron chi connectivity index (χ2n) is 4.72. The van der Waals surface area contributed by atoms with Crippen LogP contribution in [-0.4, -0.2) is 12.1 Å². The average Bonchev–Trinajstić information content (AvgIpc) is 2.52. The van der Waals surface area contributed by atoms with Gasteiger partial charge in [-0.2, -0.15) is 23.7 Å². The van der Waals surface area contributed by atoms with Crippen LogP contribution in [0.25, 0.3) is 11.1 Å². The van der Waals surface area contributed by atoms with Gasteiger partial charge in [-0.1, -0.05) is 0 Å². The number of aromatic nitrogens is 1. The van der Waals surface area contributed by atoms with Gasteiger partial charge >= 0.3 is 6.18 Å². The lowest BCUT2D eigenvalue weighted by atomic mass is 9.91. The quantitative estimate of drug-likeness (QED) is 0.785. The number of hydrogen-bond acceptors (Lipinski definition) is 5. The molecule has 1 heterocycles. The van der Waals surface area contributed by atoms with Gasteiger partial charge < -0.3 is 15.5 Å². The lowest BCUT2D eigenvalue weighted by Crippen LogP contribution is -2.18. The number of nitrogens with one attached hydrogen (secondary N) is 1. The molecule has 0 aliphatic rings. The lowest BCUT2D eigenvalue weighted by molar-refractivity contribution is -0.137. The molecule has 0 unspecified atom stereocenters. The van der Waals surface area contributed by atoms with Crippen molar-refractivity contribution in [1.82, 2.24) is 4.98 Å². The van der Waals surface area contributed by atoms with E-state index < -0.39 is 45.4 Å². The number of ether oxygens (including phenoxy) is 1. The Hall–Kier alpha value is -2.98.